The second-order valence-electron chi connectivity index (χ2n) is 3.12. The number of hydrogen-bond acceptors (Lipinski definition) is 3. The highest BCUT2D eigenvalue weighted by Gasteiger charge is 2.11. The van der Waals surface area contributed by atoms with Gasteiger partial charge in [-0.25, -0.2) is 9.18 Å². The summed E-state index contributed by atoms with van der Waals surface area (Å²) in [7, 11) is 1.41. The maximum absolute atomic E-state index is 12.8. The van der Waals surface area contributed by atoms with E-state index in [9.17, 15) is 9.18 Å². The van der Waals surface area contributed by atoms with E-state index in [0.29, 0.717) is 5.56 Å². The fourth-order valence-electron chi connectivity index (χ4n) is 1.18. The van der Waals surface area contributed by atoms with Crippen LogP contribution in [0.5, 0.6) is 0 Å². The molecule has 0 N–H and O–H groups in total. The van der Waals surface area contributed by atoms with Crippen LogP contribution < -0.4 is 0 Å². The molecule has 0 amide bonds. The first-order valence-corrected chi connectivity index (χ1v) is 4.57. The molecule has 1 unspecified atom stereocenters. The van der Waals surface area contributed by atoms with E-state index in [1.807, 2.05) is 0 Å². The van der Waals surface area contributed by atoms with Gasteiger partial charge in [0, 0.05) is 7.11 Å². The van der Waals surface area contributed by atoms with E-state index in [-0.39, 0.29) is 12.4 Å². The molecule has 0 aliphatic heterocycles. The second-order valence-corrected chi connectivity index (χ2v) is 3.12. The van der Waals surface area contributed by atoms with Crippen LogP contribution in [0.15, 0.2) is 24.3 Å². The van der Waals surface area contributed by atoms with Crippen molar-refractivity contribution in [3.05, 3.63) is 35.6 Å². The quantitative estimate of drug-likeness (QED) is 0.717. The topological polar surface area (TPSA) is 35.5 Å². The number of ether oxygens (including phenoxy) is 2. The molecular formula is C11H13FO3. The van der Waals surface area contributed by atoms with Crippen LogP contribution in [-0.4, -0.2) is 19.7 Å². The van der Waals surface area contributed by atoms with Crippen molar-refractivity contribution < 1.29 is 18.7 Å². The van der Waals surface area contributed by atoms with E-state index in [1.54, 1.807) is 19.1 Å². The summed E-state index contributed by atoms with van der Waals surface area (Å²) in [4.78, 5) is 11.1. The Bertz CT molecular complexity index is 338. The highest BCUT2D eigenvalue weighted by atomic mass is 19.1. The smallest absolute Gasteiger partial charge is 0.332 e. The molecule has 0 saturated carbocycles. The number of carbonyl (C=O) groups is 1. The lowest BCUT2D eigenvalue weighted by atomic mass is 10.1. The zero-order chi connectivity index (χ0) is 11.3. The average molecular weight is 212 g/mol. The van der Waals surface area contributed by atoms with Crippen molar-refractivity contribution in [3.63, 3.8) is 0 Å². The molecule has 15 heavy (non-hydrogen) atoms. The second kappa shape index (κ2) is 5.46. The van der Waals surface area contributed by atoms with Crippen molar-refractivity contribution in [2.75, 3.05) is 13.7 Å². The number of methoxy groups -OCH3 is 1. The van der Waals surface area contributed by atoms with Crippen molar-refractivity contribution in [1.29, 1.82) is 0 Å². The van der Waals surface area contributed by atoms with Gasteiger partial charge in [-0.05, 0) is 24.6 Å². The first-order chi connectivity index (χ1) is 7.13. The van der Waals surface area contributed by atoms with Crippen molar-refractivity contribution >= 4 is 5.97 Å². The van der Waals surface area contributed by atoms with E-state index in [4.69, 9.17) is 4.74 Å². The molecule has 0 aromatic heterocycles. The normalized spacial score (nSPS) is 12.2. The van der Waals surface area contributed by atoms with E-state index in [1.165, 1.54) is 19.2 Å². The molecule has 0 aliphatic carbocycles. The molecule has 4 heteroatoms. The van der Waals surface area contributed by atoms with Gasteiger partial charge in [-0.1, -0.05) is 12.1 Å². The summed E-state index contributed by atoms with van der Waals surface area (Å²) in [5.41, 5.74) is 0.624. The average Bonchev–Trinajstić information content (AvgIpc) is 2.18. The van der Waals surface area contributed by atoms with Crippen molar-refractivity contribution in [2.45, 2.75) is 13.0 Å². The fraction of sp³-hybridized carbons (Fsp3) is 0.364. The Morgan fingerprint density at radius 2 is 2.27 bits per heavy atom. The molecule has 1 rings (SSSR count). The molecule has 3 nitrogen and oxygen atoms in total. The van der Waals surface area contributed by atoms with Gasteiger partial charge in [-0.3, -0.25) is 0 Å². The minimum Gasteiger partial charge on any atom is -0.456 e. The van der Waals surface area contributed by atoms with Crippen molar-refractivity contribution in [3.8, 4) is 0 Å². The lowest BCUT2D eigenvalue weighted by molar-refractivity contribution is -0.152. The van der Waals surface area contributed by atoms with Crippen molar-refractivity contribution in [1.82, 2.24) is 0 Å². The predicted molar refractivity (Wildman–Crippen MR) is 52.8 cm³/mol. The summed E-state index contributed by atoms with van der Waals surface area (Å²) < 4.78 is 22.5. The summed E-state index contributed by atoms with van der Waals surface area (Å²) in [6.07, 6.45) is -0.469. The van der Waals surface area contributed by atoms with Crippen LogP contribution in [-0.2, 0) is 14.3 Å². The molecule has 1 aromatic rings. The van der Waals surface area contributed by atoms with Crippen LogP contribution in [0.3, 0.4) is 0 Å². The highest BCUT2D eigenvalue weighted by molar-refractivity contribution is 5.71. The van der Waals surface area contributed by atoms with Crippen molar-refractivity contribution in [2.24, 2.45) is 0 Å². The van der Waals surface area contributed by atoms with E-state index in [2.05, 4.69) is 4.74 Å². The molecule has 0 spiro atoms. The summed E-state index contributed by atoms with van der Waals surface area (Å²) in [6.45, 7) is 1.59. The molecule has 0 saturated heterocycles. The number of halogens is 1. The van der Waals surface area contributed by atoms with Gasteiger partial charge in [0.05, 0.1) is 0 Å². The standard InChI is InChI=1S/C11H13FO3/c1-8(15-11(13)7-14-2)9-4-3-5-10(12)6-9/h3-6,8H,7H2,1-2H3. The Balaban J connectivity index is 2.60. The number of hydrogen-bond donors (Lipinski definition) is 0. The molecule has 0 aliphatic rings. The largest absolute Gasteiger partial charge is 0.456 e. The maximum Gasteiger partial charge on any atom is 0.332 e. The zero-order valence-electron chi connectivity index (χ0n) is 8.70. The zero-order valence-corrected chi connectivity index (χ0v) is 8.70. The molecule has 0 fully saturated rings. The molecule has 0 radical (unpaired) electrons. The maximum atomic E-state index is 12.8. The molecule has 0 bridgehead atoms. The van der Waals surface area contributed by atoms with Crippen LogP contribution in [0.4, 0.5) is 4.39 Å². The molecular weight excluding hydrogens is 199 g/mol. The minimum atomic E-state index is -0.469. The molecule has 82 valence electrons. The molecule has 0 heterocycles. The SMILES string of the molecule is COCC(=O)OC(C)c1cccc(F)c1. The monoisotopic (exact) mass is 212 g/mol. The summed E-state index contributed by atoms with van der Waals surface area (Å²) in [5.74, 6) is -0.809. The predicted octanol–water partition coefficient (Wildman–Crippen LogP) is 2.08. The van der Waals surface area contributed by atoms with Gasteiger partial charge in [0.2, 0.25) is 0 Å². The fourth-order valence-corrected chi connectivity index (χ4v) is 1.18. The summed E-state index contributed by atoms with van der Waals surface area (Å²) in [6, 6.07) is 5.96. The van der Waals surface area contributed by atoms with E-state index in [0.717, 1.165) is 0 Å². The Labute approximate surface area is 87.8 Å². The number of rotatable bonds is 4. The van der Waals surface area contributed by atoms with Gasteiger partial charge in [-0.2, -0.15) is 0 Å². The van der Waals surface area contributed by atoms with Gasteiger partial charge in [0.1, 0.15) is 18.5 Å². The Morgan fingerprint density at radius 3 is 2.87 bits per heavy atom. The first kappa shape index (κ1) is 11.7. The number of benzene rings is 1. The molecule has 1 atom stereocenters. The van der Waals surface area contributed by atoms with Crippen LogP contribution >= 0.6 is 0 Å². The number of carbonyl (C=O) groups excluding carboxylic acids is 1. The van der Waals surface area contributed by atoms with Crippen LogP contribution in [0.1, 0.15) is 18.6 Å². The minimum absolute atomic E-state index is 0.0976. The highest BCUT2D eigenvalue weighted by Crippen LogP contribution is 2.17. The third-order valence-corrected chi connectivity index (χ3v) is 1.89. The lowest BCUT2D eigenvalue weighted by Gasteiger charge is -2.13. The summed E-state index contributed by atoms with van der Waals surface area (Å²) >= 11 is 0. The van der Waals surface area contributed by atoms with Crippen LogP contribution in [0, 0.1) is 5.82 Å². The van der Waals surface area contributed by atoms with Gasteiger partial charge in [-0.15, -0.1) is 0 Å². The van der Waals surface area contributed by atoms with Gasteiger partial charge in [0.15, 0.2) is 0 Å². The lowest BCUT2D eigenvalue weighted by Crippen LogP contribution is -2.13. The van der Waals surface area contributed by atoms with Gasteiger partial charge < -0.3 is 9.47 Å². The Kier molecular flexibility index (Phi) is 4.24. The molecule has 1 aromatic carbocycles. The number of esters is 1. The van der Waals surface area contributed by atoms with Crippen LogP contribution in [0.2, 0.25) is 0 Å². The van der Waals surface area contributed by atoms with Crippen LogP contribution in [0.25, 0.3) is 0 Å². The Hall–Kier alpha value is -1.42. The van der Waals surface area contributed by atoms with E-state index < -0.39 is 12.1 Å². The van der Waals surface area contributed by atoms with Gasteiger partial charge >= 0.3 is 5.97 Å². The van der Waals surface area contributed by atoms with Gasteiger partial charge in [0.25, 0.3) is 0 Å². The first-order valence-electron chi connectivity index (χ1n) is 4.57. The Morgan fingerprint density at radius 1 is 1.53 bits per heavy atom. The van der Waals surface area contributed by atoms with E-state index >= 15 is 0 Å². The third-order valence-electron chi connectivity index (χ3n) is 1.89. The summed E-state index contributed by atoms with van der Waals surface area (Å²) in [5, 5.41) is 0. The third kappa shape index (κ3) is 3.67.